The van der Waals surface area contributed by atoms with Crippen LogP contribution < -0.4 is 0 Å². The van der Waals surface area contributed by atoms with Crippen LogP contribution >= 0.6 is 0 Å². The first-order chi connectivity index (χ1) is 12.6. The van der Waals surface area contributed by atoms with Crippen molar-refractivity contribution in [3.8, 4) is 23.0 Å². The Bertz CT molecular complexity index is 1040. The number of carbonyl (C=O) groups is 2. The molecule has 2 N–H and O–H groups in total. The zero-order valence-electron chi connectivity index (χ0n) is 13.6. The normalized spacial score (nSPS) is 9.85. The van der Waals surface area contributed by atoms with E-state index >= 15 is 0 Å². The van der Waals surface area contributed by atoms with Gasteiger partial charge < -0.3 is 10.2 Å². The minimum absolute atomic E-state index is 0.0855. The molecule has 0 spiro atoms. The Kier molecular flexibility index (Phi) is 4.82. The van der Waals surface area contributed by atoms with Crippen molar-refractivity contribution in [1.82, 2.24) is 0 Å². The summed E-state index contributed by atoms with van der Waals surface area (Å²) in [5.74, 6) is 3.48. The van der Waals surface area contributed by atoms with Gasteiger partial charge in [0.15, 0.2) is 0 Å². The van der Waals surface area contributed by atoms with E-state index in [1.54, 1.807) is 0 Å². The Morgan fingerprint density at radius 1 is 0.692 bits per heavy atom. The molecule has 0 fully saturated rings. The summed E-state index contributed by atoms with van der Waals surface area (Å²) < 4.78 is 0. The molecule has 3 aromatic carbocycles. The van der Waals surface area contributed by atoms with Gasteiger partial charge in [0.2, 0.25) is 0 Å². The maximum atomic E-state index is 11.4. The lowest BCUT2D eigenvalue weighted by atomic mass is 9.99. The number of benzene rings is 3. The predicted octanol–water partition coefficient (Wildman–Crippen LogP) is 4.15. The fourth-order valence-electron chi connectivity index (χ4n) is 2.56. The van der Waals surface area contributed by atoms with Crippen molar-refractivity contribution < 1.29 is 19.8 Å². The van der Waals surface area contributed by atoms with Gasteiger partial charge in [-0.05, 0) is 35.4 Å². The average Bonchev–Trinajstić information content (AvgIpc) is 2.67. The number of carboxylic acid groups (broad SMARTS) is 2. The standard InChI is InChI=1S/C22H14O4/c23-21(24)18-13-12-17(20(14-18)22(25)26)11-10-16-8-4-5-9-19(16)15-6-2-1-3-7-15/h1-9,12-14H,(H,23,24)(H,25,26). The van der Waals surface area contributed by atoms with Crippen LogP contribution in [0.2, 0.25) is 0 Å². The summed E-state index contributed by atoms with van der Waals surface area (Å²) in [7, 11) is 0. The number of carboxylic acids is 2. The van der Waals surface area contributed by atoms with Crippen molar-refractivity contribution in [2.75, 3.05) is 0 Å². The summed E-state index contributed by atoms with van der Waals surface area (Å²) in [6.45, 7) is 0. The smallest absolute Gasteiger partial charge is 0.336 e. The maximum absolute atomic E-state index is 11.4. The van der Waals surface area contributed by atoms with Gasteiger partial charge in [-0.2, -0.15) is 0 Å². The molecule has 4 heteroatoms. The van der Waals surface area contributed by atoms with Gasteiger partial charge in [0.1, 0.15) is 0 Å². The van der Waals surface area contributed by atoms with E-state index in [2.05, 4.69) is 11.8 Å². The van der Waals surface area contributed by atoms with Crippen LogP contribution in [0.15, 0.2) is 72.8 Å². The second-order valence-corrected chi connectivity index (χ2v) is 5.53. The van der Waals surface area contributed by atoms with E-state index in [1.807, 2.05) is 54.6 Å². The molecule has 126 valence electrons. The lowest BCUT2D eigenvalue weighted by Crippen LogP contribution is -2.04. The molecule has 0 bridgehead atoms. The Labute approximate surface area is 150 Å². The van der Waals surface area contributed by atoms with Gasteiger partial charge in [-0.25, -0.2) is 9.59 Å². The lowest BCUT2D eigenvalue weighted by Gasteiger charge is -2.05. The molecule has 0 amide bonds. The number of hydrogen-bond acceptors (Lipinski definition) is 2. The third kappa shape index (κ3) is 3.63. The second kappa shape index (κ2) is 7.37. The predicted molar refractivity (Wildman–Crippen MR) is 98.2 cm³/mol. The lowest BCUT2D eigenvalue weighted by molar-refractivity contribution is 0.0695. The van der Waals surface area contributed by atoms with Crippen molar-refractivity contribution >= 4 is 11.9 Å². The number of rotatable bonds is 3. The van der Waals surface area contributed by atoms with E-state index < -0.39 is 11.9 Å². The minimum atomic E-state index is -1.21. The van der Waals surface area contributed by atoms with Crippen molar-refractivity contribution in [2.45, 2.75) is 0 Å². The van der Waals surface area contributed by atoms with Gasteiger partial charge in [-0.1, -0.05) is 60.4 Å². The van der Waals surface area contributed by atoms with Crippen LogP contribution in [0.5, 0.6) is 0 Å². The maximum Gasteiger partial charge on any atom is 0.336 e. The molecule has 0 radical (unpaired) electrons. The summed E-state index contributed by atoms with van der Waals surface area (Å²) >= 11 is 0. The Morgan fingerprint density at radius 3 is 2.04 bits per heavy atom. The molecule has 0 saturated heterocycles. The molecule has 0 aliphatic heterocycles. The molecule has 0 saturated carbocycles. The van der Waals surface area contributed by atoms with E-state index in [-0.39, 0.29) is 16.7 Å². The van der Waals surface area contributed by atoms with Crippen molar-refractivity contribution in [1.29, 1.82) is 0 Å². The van der Waals surface area contributed by atoms with Crippen LogP contribution in [0.3, 0.4) is 0 Å². The SMILES string of the molecule is O=C(O)c1ccc(C#Cc2ccccc2-c2ccccc2)c(C(=O)O)c1. The molecule has 0 aliphatic carbocycles. The van der Waals surface area contributed by atoms with E-state index in [4.69, 9.17) is 5.11 Å². The largest absolute Gasteiger partial charge is 0.478 e. The first-order valence-electron chi connectivity index (χ1n) is 7.83. The average molecular weight is 342 g/mol. The second-order valence-electron chi connectivity index (χ2n) is 5.53. The first kappa shape index (κ1) is 17.0. The molecule has 0 aromatic heterocycles. The quantitative estimate of drug-likeness (QED) is 0.701. The summed E-state index contributed by atoms with van der Waals surface area (Å²) in [6.07, 6.45) is 0. The Balaban J connectivity index is 2.06. The molecule has 0 atom stereocenters. The highest BCUT2D eigenvalue weighted by Crippen LogP contribution is 2.23. The zero-order chi connectivity index (χ0) is 18.5. The zero-order valence-corrected chi connectivity index (χ0v) is 13.6. The summed E-state index contributed by atoms with van der Waals surface area (Å²) in [5, 5.41) is 18.4. The summed E-state index contributed by atoms with van der Waals surface area (Å²) in [4.78, 5) is 22.5. The minimum Gasteiger partial charge on any atom is -0.478 e. The van der Waals surface area contributed by atoms with Crippen LogP contribution in [-0.4, -0.2) is 22.2 Å². The first-order valence-corrected chi connectivity index (χ1v) is 7.83. The molecule has 26 heavy (non-hydrogen) atoms. The Morgan fingerprint density at radius 2 is 1.35 bits per heavy atom. The molecule has 0 aliphatic rings. The van der Waals surface area contributed by atoms with E-state index in [1.165, 1.54) is 12.1 Å². The van der Waals surface area contributed by atoms with Crippen molar-refractivity contribution in [3.63, 3.8) is 0 Å². The summed E-state index contributed by atoms with van der Waals surface area (Å²) in [5.41, 5.74) is 2.77. The number of aromatic carboxylic acids is 2. The molecule has 0 unspecified atom stereocenters. The fourth-order valence-corrected chi connectivity index (χ4v) is 2.56. The Hall–Kier alpha value is -3.84. The highest BCUT2D eigenvalue weighted by molar-refractivity contribution is 5.95. The molecular weight excluding hydrogens is 328 g/mol. The topological polar surface area (TPSA) is 74.6 Å². The third-order valence-electron chi connectivity index (χ3n) is 3.84. The monoisotopic (exact) mass is 342 g/mol. The highest BCUT2D eigenvalue weighted by atomic mass is 16.4. The molecule has 3 aromatic rings. The van der Waals surface area contributed by atoms with Crippen LogP contribution in [0, 0.1) is 11.8 Å². The van der Waals surface area contributed by atoms with Gasteiger partial charge in [-0.15, -0.1) is 0 Å². The highest BCUT2D eigenvalue weighted by Gasteiger charge is 2.12. The van der Waals surface area contributed by atoms with Gasteiger partial charge in [-0.3, -0.25) is 0 Å². The van der Waals surface area contributed by atoms with Gasteiger partial charge in [0.05, 0.1) is 11.1 Å². The van der Waals surface area contributed by atoms with E-state index in [0.29, 0.717) is 0 Å². The molecule has 0 heterocycles. The summed E-state index contributed by atoms with van der Waals surface area (Å²) in [6, 6.07) is 21.2. The number of hydrogen-bond donors (Lipinski definition) is 2. The third-order valence-corrected chi connectivity index (χ3v) is 3.84. The molecule has 3 rings (SSSR count). The van der Waals surface area contributed by atoms with E-state index in [0.717, 1.165) is 22.8 Å². The van der Waals surface area contributed by atoms with Crippen molar-refractivity contribution in [3.05, 3.63) is 95.1 Å². The van der Waals surface area contributed by atoms with Gasteiger partial charge in [0, 0.05) is 11.1 Å². The van der Waals surface area contributed by atoms with Crippen molar-refractivity contribution in [2.24, 2.45) is 0 Å². The molecular formula is C22H14O4. The van der Waals surface area contributed by atoms with Gasteiger partial charge >= 0.3 is 11.9 Å². The van der Waals surface area contributed by atoms with Crippen LogP contribution in [0.25, 0.3) is 11.1 Å². The fraction of sp³-hybridized carbons (Fsp3) is 0. The van der Waals surface area contributed by atoms with Crippen LogP contribution in [0.4, 0.5) is 0 Å². The van der Waals surface area contributed by atoms with Crippen LogP contribution in [0.1, 0.15) is 31.8 Å². The van der Waals surface area contributed by atoms with E-state index in [9.17, 15) is 14.7 Å². The van der Waals surface area contributed by atoms with Crippen LogP contribution in [-0.2, 0) is 0 Å². The van der Waals surface area contributed by atoms with Gasteiger partial charge in [0.25, 0.3) is 0 Å². The molecule has 4 nitrogen and oxygen atoms in total.